The molecule has 4 saturated carbocycles. The zero-order valence-electron chi connectivity index (χ0n) is 8.16. The summed E-state index contributed by atoms with van der Waals surface area (Å²) in [5, 5.41) is 3.03. The van der Waals surface area contributed by atoms with E-state index in [1.165, 1.54) is 19.3 Å². The smallest absolute Gasteiger partial charge is 0.408 e. The van der Waals surface area contributed by atoms with Gasteiger partial charge < -0.3 is 10.1 Å². The van der Waals surface area contributed by atoms with Gasteiger partial charge in [0.25, 0.3) is 0 Å². The summed E-state index contributed by atoms with van der Waals surface area (Å²) in [5.74, 6) is 2.40. The SMILES string of the molecule is O=C1N[C@H]2C3C[C@@H]4C[C@@H](C3)CC2(C4)O1. The second kappa shape index (κ2) is 2.10. The number of hydrogen-bond donors (Lipinski definition) is 1. The van der Waals surface area contributed by atoms with Gasteiger partial charge in [0, 0.05) is 0 Å². The number of alkyl carbamates (subject to hydrolysis) is 1. The maximum atomic E-state index is 11.3. The van der Waals surface area contributed by atoms with Crippen LogP contribution < -0.4 is 5.32 Å². The van der Waals surface area contributed by atoms with E-state index in [1.807, 2.05) is 0 Å². The number of hydrogen-bond acceptors (Lipinski definition) is 2. The van der Waals surface area contributed by atoms with Gasteiger partial charge in [-0.05, 0) is 49.9 Å². The van der Waals surface area contributed by atoms with Crippen LogP contribution in [0.3, 0.4) is 0 Å². The third kappa shape index (κ3) is 0.733. The Morgan fingerprint density at radius 3 is 2.64 bits per heavy atom. The molecule has 76 valence electrons. The average Bonchev–Trinajstić information content (AvgIpc) is 2.40. The zero-order chi connectivity index (χ0) is 9.34. The van der Waals surface area contributed by atoms with Crippen LogP contribution in [0, 0.1) is 17.8 Å². The van der Waals surface area contributed by atoms with Gasteiger partial charge in [-0.3, -0.25) is 0 Å². The highest BCUT2D eigenvalue weighted by molar-refractivity contribution is 5.71. The molecule has 0 aromatic carbocycles. The summed E-state index contributed by atoms with van der Waals surface area (Å²) in [6, 6.07) is 0.350. The van der Waals surface area contributed by atoms with E-state index < -0.39 is 0 Å². The first kappa shape index (κ1) is 7.55. The van der Waals surface area contributed by atoms with Gasteiger partial charge in [0.05, 0.1) is 6.04 Å². The zero-order valence-corrected chi connectivity index (χ0v) is 8.16. The average molecular weight is 193 g/mol. The Bertz CT molecular complexity index is 300. The predicted octanol–water partition coefficient (Wildman–Crippen LogP) is 1.67. The molecule has 5 fully saturated rings. The molecule has 0 aromatic rings. The second-order valence-electron chi connectivity index (χ2n) is 5.68. The lowest BCUT2D eigenvalue weighted by Gasteiger charge is -2.56. The van der Waals surface area contributed by atoms with E-state index in [4.69, 9.17) is 4.74 Å². The van der Waals surface area contributed by atoms with Crippen LogP contribution in [0.25, 0.3) is 0 Å². The maximum absolute atomic E-state index is 11.3. The van der Waals surface area contributed by atoms with Crippen LogP contribution in [-0.2, 0) is 4.74 Å². The fraction of sp³-hybridized carbons (Fsp3) is 0.909. The summed E-state index contributed by atoms with van der Waals surface area (Å²) in [7, 11) is 0. The molecular formula is C11H15NO2. The number of amides is 1. The van der Waals surface area contributed by atoms with Gasteiger partial charge in [-0.1, -0.05) is 0 Å². The minimum absolute atomic E-state index is 0.0775. The van der Waals surface area contributed by atoms with Crippen LogP contribution in [0.4, 0.5) is 4.79 Å². The first-order valence-electron chi connectivity index (χ1n) is 5.75. The lowest BCUT2D eigenvalue weighted by Crippen LogP contribution is -2.61. The molecule has 14 heavy (non-hydrogen) atoms. The van der Waals surface area contributed by atoms with Crippen LogP contribution in [0.2, 0.25) is 0 Å². The van der Waals surface area contributed by atoms with Gasteiger partial charge >= 0.3 is 6.09 Å². The summed E-state index contributed by atoms with van der Waals surface area (Å²) in [6.07, 6.45) is 6.14. The van der Waals surface area contributed by atoms with Crippen molar-refractivity contribution in [3.05, 3.63) is 0 Å². The van der Waals surface area contributed by atoms with Gasteiger partial charge in [0.15, 0.2) is 0 Å². The van der Waals surface area contributed by atoms with Crippen LogP contribution in [0.1, 0.15) is 32.1 Å². The molecule has 1 heterocycles. The number of ether oxygens (including phenoxy) is 1. The van der Waals surface area contributed by atoms with Crippen molar-refractivity contribution in [1.29, 1.82) is 0 Å². The van der Waals surface area contributed by atoms with Crippen LogP contribution >= 0.6 is 0 Å². The van der Waals surface area contributed by atoms with Crippen LogP contribution in [0.5, 0.6) is 0 Å². The molecular weight excluding hydrogens is 178 g/mol. The van der Waals surface area contributed by atoms with Crippen molar-refractivity contribution in [1.82, 2.24) is 5.32 Å². The second-order valence-corrected chi connectivity index (χ2v) is 5.68. The molecule has 1 aliphatic heterocycles. The fourth-order valence-electron chi connectivity index (χ4n) is 4.70. The summed E-state index contributed by atoms with van der Waals surface area (Å²) in [6.45, 7) is 0. The molecule has 0 unspecified atom stereocenters. The molecule has 1 spiro atoms. The van der Waals surface area contributed by atoms with Crippen LogP contribution in [0.15, 0.2) is 0 Å². The summed E-state index contributed by atoms with van der Waals surface area (Å²) in [4.78, 5) is 11.3. The Hall–Kier alpha value is -0.730. The number of carbonyl (C=O) groups is 1. The van der Waals surface area contributed by atoms with E-state index >= 15 is 0 Å². The van der Waals surface area contributed by atoms with Crippen molar-refractivity contribution in [2.45, 2.75) is 43.7 Å². The molecule has 4 aliphatic carbocycles. The molecule has 5 aliphatic rings. The molecule has 4 bridgehead atoms. The molecule has 5 rings (SSSR count). The highest BCUT2D eigenvalue weighted by atomic mass is 16.6. The van der Waals surface area contributed by atoms with Crippen molar-refractivity contribution in [2.24, 2.45) is 17.8 Å². The lowest BCUT2D eigenvalue weighted by molar-refractivity contribution is -0.115. The van der Waals surface area contributed by atoms with Crippen molar-refractivity contribution in [3.63, 3.8) is 0 Å². The summed E-state index contributed by atoms with van der Waals surface area (Å²) >= 11 is 0. The molecule has 1 amide bonds. The molecule has 3 heteroatoms. The fourth-order valence-corrected chi connectivity index (χ4v) is 4.70. The molecule has 1 N–H and O–H groups in total. The Labute approximate surface area is 83.2 Å². The van der Waals surface area contributed by atoms with E-state index in [0.717, 1.165) is 24.7 Å². The Kier molecular flexibility index (Phi) is 1.13. The Morgan fingerprint density at radius 1 is 1.21 bits per heavy atom. The van der Waals surface area contributed by atoms with Crippen molar-refractivity contribution >= 4 is 6.09 Å². The van der Waals surface area contributed by atoms with Gasteiger partial charge in [-0.15, -0.1) is 0 Å². The topological polar surface area (TPSA) is 38.3 Å². The van der Waals surface area contributed by atoms with E-state index in [9.17, 15) is 4.79 Å². The van der Waals surface area contributed by atoms with Crippen molar-refractivity contribution in [3.8, 4) is 0 Å². The molecule has 1 saturated heterocycles. The quantitative estimate of drug-likeness (QED) is 0.635. The van der Waals surface area contributed by atoms with E-state index in [2.05, 4.69) is 5.32 Å². The van der Waals surface area contributed by atoms with Crippen LogP contribution in [-0.4, -0.2) is 17.7 Å². The number of carbonyl (C=O) groups excluding carboxylic acids is 1. The highest BCUT2D eigenvalue weighted by Crippen LogP contribution is 2.58. The van der Waals surface area contributed by atoms with Gasteiger partial charge in [-0.2, -0.15) is 0 Å². The van der Waals surface area contributed by atoms with E-state index in [0.29, 0.717) is 12.0 Å². The predicted molar refractivity (Wildman–Crippen MR) is 49.7 cm³/mol. The lowest BCUT2D eigenvalue weighted by atomic mass is 9.52. The number of nitrogens with one attached hydrogen (secondary N) is 1. The Balaban J connectivity index is 1.80. The third-order valence-corrected chi connectivity index (χ3v) is 4.81. The van der Waals surface area contributed by atoms with E-state index in [-0.39, 0.29) is 11.7 Å². The maximum Gasteiger partial charge on any atom is 0.408 e. The van der Waals surface area contributed by atoms with Crippen molar-refractivity contribution < 1.29 is 9.53 Å². The van der Waals surface area contributed by atoms with Gasteiger partial charge in [0.1, 0.15) is 5.60 Å². The van der Waals surface area contributed by atoms with Gasteiger partial charge in [0.2, 0.25) is 0 Å². The highest BCUT2D eigenvalue weighted by Gasteiger charge is 2.62. The first-order valence-corrected chi connectivity index (χ1v) is 5.75. The van der Waals surface area contributed by atoms with E-state index in [1.54, 1.807) is 0 Å². The molecule has 0 radical (unpaired) electrons. The van der Waals surface area contributed by atoms with Crippen molar-refractivity contribution in [2.75, 3.05) is 0 Å². The first-order chi connectivity index (χ1) is 6.75. The largest absolute Gasteiger partial charge is 0.441 e. The summed E-state index contributed by atoms with van der Waals surface area (Å²) in [5.41, 5.74) is -0.0775. The standard InChI is InChI=1S/C11H15NO2/c13-10-12-9-8-2-6-1-7(3-8)5-11(9,4-6)14-10/h6-9H,1-5H2,(H,12,13)/t6-,7-,8?,9-,11?/m0/s1. The molecule has 3 atom stereocenters. The van der Waals surface area contributed by atoms with Gasteiger partial charge in [-0.25, -0.2) is 4.79 Å². The summed E-state index contributed by atoms with van der Waals surface area (Å²) < 4.78 is 5.57. The number of rotatable bonds is 0. The molecule has 0 aromatic heterocycles. The Morgan fingerprint density at radius 2 is 1.93 bits per heavy atom. The monoisotopic (exact) mass is 193 g/mol. The third-order valence-electron chi connectivity index (χ3n) is 4.81. The normalized spacial score (nSPS) is 58.1. The minimum atomic E-state index is -0.164. The molecule has 3 nitrogen and oxygen atoms in total. The minimum Gasteiger partial charge on any atom is -0.441 e.